The number of aliphatic hydroxyl groups excluding tert-OH is 1. The van der Waals surface area contributed by atoms with Crippen molar-refractivity contribution in [2.45, 2.75) is 77.2 Å². The molecule has 23 heavy (non-hydrogen) atoms. The van der Waals surface area contributed by atoms with E-state index >= 15 is 0 Å². The molecule has 0 aliphatic heterocycles. The van der Waals surface area contributed by atoms with Gasteiger partial charge in [0.15, 0.2) is 0 Å². The standard InChI is InChI=1S/C21H35NO/c1-3-15-22(16-4-2)17-14-21(23)20-12-10-19(11-13-20)18-8-6-5-7-9-18/h10-13,18,21,23H,3-9,14-17H2,1-2H3. The Balaban J connectivity index is 1.85. The lowest BCUT2D eigenvalue weighted by Gasteiger charge is -2.24. The van der Waals surface area contributed by atoms with Gasteiger partial charge in [-0.3, -0.25) is 0 Å². The summed E-state index contributed by atoms with van der Waals surface area (Å²) in [4.78, 5) is 2.47. The van der Waals surface area contributed by atoms with Crippen LogP contribution in [-0.2, 0) is 0 Å². The van der Waals surface area contributed by atoms with E-state index in [-0.39, 0.29) is 6.10 Å². The van der Waals surface area contributed by atoms with Crippen LogP contribution in [0.4, 0.5) is 0 Å². The minimum Gasteiger partial charge on any atom is -0.388 e. The Labute approximate surface area is 142 Å². The van der Waals surface area contributed by atoms with E-state index in [1.165, 1.54) is 50.5 Å². The van der Waals surface area contributed by atoms with E-state index in [1.54, 1.807) is 0 Å². The highest BCUT2D eigenvalue weighted by Gasteiger charge is 2.16. The number of hydrogen-bond donors (Lipinski definition) is 1. The van der Waals surface area contributed by atoms with Crippen LogP contribution in [0.1, 0.15) is 88.4 Å². The average molecular weight is 318 g/mol. The van der Waals surface area contributed by atoms with Crippen LogP contribution >= 0.6 is 0 Å². The van der Waals surface area contributed by atoms with Crippen LogP contribution in [0.5, 0.6) is 0 Å². The second kappa shape index (κ2) is 10.1. The van der Waals surface area contributed by atoms with Crippen molar-refractivity contribution >= 4 is 0 Å². The van der Waals surface area contributed by atoms with E-state index in [0.29, 0.717) is 0 Å². The Morgan fingerprint density at radius 1 is 0.957 bits per heavy atom. The fraction of sp³-hybridized carbons (Fsp3) is 0.714. The fourth-order valence-electron chi connectivity index (χ4n) is 3.87. The first-order chi connectivity index (χ1) is 11.2. The Morgan fingerprint density at radius 3 is 2.13 bits per heavy atom. The molecule has 0 heterocycles. The zero-order chi connectivity index (χ0) is 16.5. The van der Waals surface area contributed by atoms with E-state index in [2.05, 4.69) is 43.0 Å². The van der Waals surface area contributed by atoms with Crippen LogP contribution in [-0.4, -0.2) is 29.6 Å². The summed E-state index contributed by atoms with van der Waals surface area (Å²) in [5.74, 6) is 0.750. The number of nitrogens with zero attached hydrogens (tertiary/aromatic N) is 1. The maximum Gasteiger partial charge on any atom is 0.0802 e. The second-order valence-electron chi connectivity index (χ2n) is 7.15. The Bertz CT molecular complexity index is 416. The summed E-state index contributed by atoms with van der Waals surface area (Å²) < 4.78 is 0. The van der Waals surface area contributed by atoms with Crippen LogP contribution in [0.3, 0.4) is 0 Å². The Kier molecular flexibility index (Phi) is 8.11. The van der Waals surface area contributed by atoms with E-state index in [9.17, 15) is 5.11 Å². The molecule has 1 aromatic carbocycles. The van der Waals surface area contributed by atoms with Gasteiger partial charge in [-0.05, 0) is 62.2 Å². The quantitative estimate of drug-likeness (QED) is 0.670. The summed E-state index contributed by atoms with van der Waals surface area (Å²) in [5.41, 5.74) is 2.55. The molecule has 0 spiro atoms. The molecule has 0 amide bonds. The number of aliphatic hydroxyl groups is 1. The van der Waals surface area contributed by atoms with Crippen molar-refractivity contribution in [3.63, 3.8) is 0 Å². The smallest absolute Gasteiger partial charge is 0.0802 e. The zero-order valence-corrected chi connectivity index (χ0v) is 15.1. The number of benzene rings is 1. The summed E-state index contributed by atoms with van der Waals surface area (Å²) in [5, 5.41) is 10.5. The van der Waals surface area contributed by atoms with Crippen molar-refractivity contribution in [1.29, 1.82) is 0 Å². The van der Waals surface area contributed by atoms with Gasteiger partial charge >= 0.3 is 0 Å². The third-order valence-electron chi connectivity index (χ3n) is 5.20. The Morgan fingerprint density at radius 2 is 1.57 bits per heavy atom. The summed E-state index contributed by atoms with van der Waals surface area (Å²) >= 11 is 0. The highest BCUT2D eigenvalue weighted by Crippen LogP contribution is 2.33. The maximum atomic E-state index is 10.5. The summed E-state index contributed by atoms with van der Waals surface area (Å²) in [6.07, 6.45) is 9.71. The van der Waals surface area contributed by atoms with Gasteiger partial charge in [0.25, 0.3) is 0 Å². The Hall–Kier alpha value is -0.860. The minimum atomic E-state index is -0.327. The van der Waals surface area contributed by atoms with E-state index in [0.717, 1.165) is 37.5 Å². The predicted octanol–water partition coefficient (Wildman–Crippen LogP) is 5.28. The molecular formula is C21H35NO. The molecule has 1 aliphatic rings. The van der Waals surface area contributed by atoms with Gasteiger partial charge in [-0.25, -0.2) is 0 Å². The SMILES string of the molecule is CCCN(CCC)CCC(O)c1ccc(C2CCCCC2)cc1. The molecule has 1 aliphatic carbocycles. The van der Waals surface area contributed by atoms with Crippen molar-refractivity contribution < 1.29 is 5.11 Å². The first-order valence-corrected chi connectivity index (χ1v) is 9.74. The average Bonchev–Trinajstić information content (AvgIpc) is 2.61. The molecule has 1 fully saturated rings. The monoisotopic (exact) mass is 317 g/mol. The molecule has 1 unspecified atom stereocenters. The van der Waals surface area contributed by atoms with Gasteiger partial charge in [-0.1, -0.05) is 57.4 Å². The molecule has 1 N–H and O–H groups in total. The van der Waals surface area contributed by atoms with E-state index < -0.39 is 0 Å². The molecule has 2 rings (SSSR count). The highest BCUT2D eigenvalue weighted by atomic mass is 16.3. The molecule has 2 heteroatoms. The van der Waals surface area contributed by atoms with Crippen LogP contribution in [0.2, 0.25) is 0 Å². The molecule has 0 bridgehead atoms. The van der Waals surface area contributed by atoms with Crippen LogP contribution in [0, 0.1) is 0 Å². The fourth-order valence-corrected chi connectivity index (χ4v) is 3.87. The van der Waals surface area contributed by atoms with Crippen LogP contribution < -0.4 is 0 Å². The van der Waals surface area contributed by atoms with Crippen molar-refractivity contribution in [2.75, 3.05) is 19.6 Å². The van der Waals surface area contributed by atoms with Gasteiger partial charge in [0, 0.05) is 6.54 Å². The lowest BCUT2D eigenvalue weighted by molar-refractivity contribution is 0.141. The molecule has 2 nitrogen and oxygen atoms in total. The van der Waals surface area contributed by atoms with Crippen molar-refractivity contribution in [1.82, 2.24) is 4.90 Å². The number of hydrogen-bond acceptors (Lipinski definition) is 2. The molecular weight excluding hydrogens is 282 g/mol. The molecule has 1 aromatic rings. The van der Waals surface area contributed by atoms with Gasteiger partial charge in [-0.15, -0.1) is 0 Å². The van der Waals surface area contributed by atoms with Gasteiger partial charge < -0.3 is 10.0 Å². The highest BCUT2D eigenvalue weighted by molar-refractivity contribution is 5.27. The van der Waals surface area contributed by atoms with Gasteiger partial charge in [-0.2, -0.15) is 0 Å². The first-order valence-electron chi connectivity index (χ1n) is 9.74. The second-order valence-corrected chi connectivity index (χ2v) is 7.15. The predicted molar refractivity (Wildman–Crippen MR) is 98.9 cm³/mol. The van der Waals surface area contributed by atoms with E-state index in [1.807, 2.05) is 0 Å². The molecule has 1 saturated carbocycles. The molecule has 130 valence electrons. The topological polar surface area (TPSA) is 23.5 Å². The lowest BCUT2D eigenvalue weighted by Crippen LogP contribution is -2.27. The van der Waals surface area contributed by atoms with Gasteiger partial charge in [0.05, 0.1) is 6.10 Å². The van der Waals surface area contributed by atoms with Crippen molar-refractivity contribution in [2.24, 2.45) is 0 Å². The normalized spacial score (nSPS) is 17.6. The van der Waals surface area contributed by atoms with Crippen LogP contribution in [0.25, 0.3) is 0 Å². The maximum absolute atomic E-state index is 10.5. The van der Waals surface area contributed by atoms with Crippen molar-refractivity contribution in [3.8, 4) is 0 Å². The van der Waals surface area contributed by atoms with E-state index in [4.69, 9.17) is 0 Å². The van der Waals surface area contributed by atoms with Gasteiger partial charge in [0.2, 0.25) is 0 Å². The third kappa shape index (κ3) is 5.93. The summed E-state index contributed by atoms with van der Waals surface area (Å²) in [6, 6.07) is 8.81. The zero-order valence-electron chi connectivity index (χ0n) is 15.1. The molecule has 0 saturated heterocycles. The molecule has 0 aromatic heterocycles. The molecule has 0 radical (unpaired) electrons. The summed E-state index contributed by atoms with van der Waals surface area (Å²) in [7, 11) is 0. The largest absolute Gasteiger partial charge is 0.388 e. The third-order valence-corrected chi connectivity index (χ3v) is 5.20. The lowest BCUT2D eigenvalue weighted by atomic mass is 9.84. The first kappa shape index (κ1) is 18.5. The summed E-state index contributed by atoms with van der Waals surface area (Å²) in [6.45, 7) is 7.72. The number of rotatable bonds is 9. The molecule has 1 atom stereocenters. The minimum absolute atomic E-state index is 0.327. The van der Waals surface area contributed by atoms with Crippen LogP contribution in [0.15, 0.2) is 24.3 Å². The van der Waals surface area contributed by atoms with Gasteiger partial charge in [0.1, 0.15) is 0 Å². The van der Waals surface area contributed by atoms with Crippen molar-refractivity contribution in [3.05, 3.63) is 35.4 Å².